The van der Waals surface area contributed by atoms with Gasteiger partial charge in [-0.1, -0.05) is 19.8 Å². The second kappa shape index (κ2) is 8.46. The molecule has 1 fully saturated rings. The number of rotatable bonds is 6. The average Bonchev–Trinajstić information content (AvgIpc) is 3.17. The van der Waals surface area contributed by atoms with Crippen molar-refractivity contribution in [1.29, 1.82) is 0 Å². The van der Waals surface area contributed by atoms with Crippen LogP contribution in [0.4, 0.5) is 0 Å². The summed E-state index contributed by atoms with van der Waals surface area (Å²) in [5, 5.41) is 13.3. The monoisotopic (exact) mass is 387 g/mol. The lowest BCUT2D eigenvalue weighted by Crippen LogP contribution is -2.45. The normalized spacial score (nSPS) is 15.5. The van der Waals surface area contributed by atoms with Crippen LogP contribution in [-0.4, -0.2) is 23.0 Å². The Balaban J connectivity index is 1.84. The second-order valence-electron chi connectivity index (χ2n) is 7.25. The molecule has 2 aromatic rings. The van der Waals surface area contributed by atoms with Crippen molar-refractivity contribution < 1.29 is 23.8 Å². The van der Waals surface area contributed by atoms with Crippen LogP contribution >= 0.6 is 0 Å². The van der Waals surface area contributed by atoms with Crippen LogP contribution in [0.1, 0.15) is 50.7 Å². The summed E-state index contributed by atoms with van der Waals surface area (Å²) in [6.45, 7) is 3.17. The molecule has 0 bridgehead atoms. The molecular formula is C21H25NO6. The number of hydrogen-bond donors (Lipinski definition) is 2. The molecule has 0 saturated heterocycles. The predicted molar refractivity (Wildman–Crippen MR) is 103 cm³/mol. The van der Waals surface area contributed by atoms with Gasteiger partial charge in [-0.15, -0.1) is 0 Å². The first kappa shape index (κ1) is 19.9. The number of benzene rings is 1. The number of esters is 1. The average molecular weight is 387 g/mol. The third kappa shape index (κ3) is 4.35. The molecule has 3 rings (SSSR count). The molecule has 1 aromatic heterocycles. The Morgan fingerprint density at radius 3 is 2.61 bits per heavy atom. The number of fused-ring (bicyclic) bond motifs is 1. The molecule has 1 atom stereocenters. The van der Waals surface area contributed by atoms with Crippen LogP contribution < -0.4 is 10.9 Å². The molecule has 28 heavy (non-hydrogen) atoms. The van der Waals surface area contributed by atoms with E-state index in [2.05, 4.69) is 5.32 Å². The molecule has 0 spiro atoms. The molecule has 1 aromatic carbocycles. The molecule has 7 heteroatoms. The summed E-state index contributed by atoms with van der Waals surface area (Å²) in [5.41, 5.74) is 0.858. The summed E-state index contributed by atoms with van der Waals surface area (Å²) in [4.78, 5) is 36.0. The van der Waals surface area contributed by atoms with Gasteiger partial charge in [-0.2, -0.15) is 0 Å². The van der Waals surface area contributed by atoms with E-state index in [4.69, 9.17) is 9.15 Å². The van der Waals surface area contributed by atoms with E-state index in [1.54, 1.807) is 6.07 Å². The van der Waals surface area contributed by atoms with Gasteiger partial charge < -0.3 is 19.6 Å². The lowest BCUT2D eigenvalue weighted by atomic mass is 9.98. The highest BCUT2D eigenvalue weighted by atomic mass is 16.5. The number of carbonyl (C=O) groups is 2. The number of hydrogen-bond acceptors (Lipinski definition) is 6. The summed E-state index contributed by atoms with van der Waals surface area (Å²) >= 11 is 0. The van der Waals surface area contributed by atoms with Gasteiger partial charge in [0.15, 0.2) is 0 Å². The number of ether oxygens (including phenoxy) is 1. The molecule has 1 saturated carbocycles. The first-order valence-corrected chi connectivity index (χ1v) is 9.61. The van der Waals surface area contributed by atoms with Crippen molar-refractivity contribution in [3.63, 3.8) is 0 Å². The van der Waals surface area contributed by atoms with E-state index < -0.39 is 17.6 Å². The summed E-state index contributed by atoms with van der Waals surface area (Å²) in [6, 6.07) is 3.75. The van der Waals surface area contributed by atoms with Gasteiger partial charge in [-0.3, -0.25) is 4.79 Å². The Hall–Kier alpha value is -2.83. The van der Waals surface area contributed by atoms with Crippen LogP contribution in [0.5, 0.6) is 5.75 Å². The number of aromatic hydroxyl groups is 1. The minimum Gasteiger partial charge on any atom is -0.508 e. The minimum atomic E-state index is -0.679. The molecule has 1 aliphatic carbocycles. The van der Waals surface area contributed by atoms with Crippen molar-refractivity contribution >= 4 is 22.8 Å². The predicted octanol–water partition coefficient (Wildman–Crippen LogP) is 2.80. The number of phenolic OH excluding ortho intramolecular Hbond substituents is 1. The fourth-order valence-corrected chi connectivity index (χ4v) is 3.83. The molecule has 150 valence electrons. The van der Waals surface area contributed by atoms with Gasteiger partial charge >= 0.3 is 11.6 Å². The molecule has 1 aliphatic rings. The van der Waals surface area contributed by atoms with Gasteiger partial charge in [0.25, 0.3) is 0 Å². The third-order valence-electron chi connectivity index (χ3n) is 5.26. The fraction of sp³-hybridized carbons (Fsp3) is 0.476. The maximum Gasteiger partial charge on any atom is 0.336 e. The van der Waals surface area contributed by atoms with E-state index in [0.717, 1.165) is 25.7 Å². The van der Waals surface area contributed by atoms with E-state index >= 15 is 0 Å². The van der Waals surface area contributed by atoms with E-state index in [9.17, 15) is 19.5 Å². The Kier molecular flexibility index (Phi) is 6.02. The maximum atomic E-state index is 12.7. The van der Waals surface area contributed by atoms with Gasteiger partial charge in [0.2, 0.25) is 5.91 Å². The maximum absolute atomic E-state index is 12.7. The Morgan fingerprint density at radius 1 is 1.25 bits per heavy atom. The first-order valence-electron chi connectivity index (χ1n) is 9.61. The summed E-state index contributed by atoms with van der Waals surface area (Å²) in [7, 11) is 0. The molecule has 1 amide bonds. The van der Waals surface area contributed by atoms with Gasteiger partial charge in [-0.25, -0.2) is 9.59 Å². The minimum absolute atomic E-state index is 0.0549. The van der Waals surface area contributed by atoms with E-state index in [1.807, 2.05) is 6.92 Å². The van der Waals surface area contributed by atoms with Gasteiger partial charge in [0.05, 0.1) is 0 Å². The summed E-state index contributed by atoms with van der Waals surface area (Å²) in [6.07, 6.45) is 4.41. The van der Waals surface area contributed by atoms with Gasteiger partial charge in [0.1, 0.15) is 24.0 Å². The second-order valence-corrected chi connectivity index (χ2v) is 7.25. The Labute approximate surface area is 162 Å². The summed E-state index contributed by atoms with van der Waals surface area (Å²) < 4.78 is 10.6. The summed E-state index contributed by atoms with van der Waals surface area (Å²) in [5.74, 6) is -0.655. The molecule has 2 N–H and O–H groups in total. The highest BCUT2D eigenvalue weighted by Gasteiger charge is 2.32. The third-order valence-corrected chi connectivity index (χ3v) is 5.26. The zero-order valence-corrected chi connectivity index (χ0v) is 16.1. The highest BCUT2D eigenvalue weighted by molar-refractivity contribution is 5.85. The standard InChI is InChI=1S/C21H25NO6/c1-3-13-8-16-15(9-19(25)28-18(16)10-17(13)24)11-27-21(26)20(22-12(2)23)14-6-4-5-7-14/h8-10,14,20,24H,3-7,11H2,1-2H3,(H,22,23). The number of carbonyl (C=O) groups excluding carboxylic acids is 2. The topological polar surface area (TPSA) is 106 Å². The van der Waals surface area contributed by atoms with Crippen molar-refractivity contribution in [2.75, 3.05) is 0 Å². The Bertz CT molecular complexity index is 942. The van der Waals surface area contributed by atoms with Crippen LogP contribution in [0.2, 0.25) is 0 Å². The smallest absolute Gasteiger partial charge is 0.336 e. The van der Waals surface area contributed by atoms with Crippen LogP contribution in [0, 0.1) is 5.92 Å². The molecule has 0 radical (unpaired) electrons. The van der Waals surface area contributed by atoms with Crippen LogP contribution in [0.25, 0.3) is 11.0 Å². The van der Waals surface area contributed by atoms with Crippen molar-refractivity contribution in [1.82, 2.24) is 5.32 Å². The van der Waals surface area contributed by atoms with Crippen LogP contribution in [0.3, 0.4) is 0 Å². The van der Waals surface area contributed by atoms with Crippen LogP contribution in [-0.2, 0) is 27.4 Å². The molecule has 1 unspecified atom stereocenters. The van der Waals surface area contributed by atoms with Crippen molar-refractivity contribution in [3.05, 3.63) is 39.7 Å². The van der Waals surface area contributed by atoms with Crippen molar-refractivity contribution in [3.8, 4) is 5.75 Å². The lowest BCUT2D eigenvalue weighted by molar-refractivity contribution is -0.150. The van der Waals surface area contributed by atoms with Crippen LogP contribution in [0.15, 0.2) is 27.4 Å². The number of aryl methyl sites for hydroxylation is 1. The fourth-order valence-electron chi connectivity index (χ4n) is 3.83. The molecule has 7 nitrogen and oxygen atoms in total. The van der Waals surface area contributed by atoms with E-state index in [-0.39, 0.29) is 29.8 Å². The van der Waals surface area contributed by atoms with Crippen molar-refractivity contribution in [2.45, 2.75) is 58.6 Å². The van der Waals surface area contributed by atoms with Gasteiger partial charge in [-0.05, 0) is 36.8 Å². The zero-order chi connectivity index (χ0) is 20.3. The first-order chi connectivity index (χ1) is 13.4. The highest BCUT2D eigenvalue weighted by Crippen LogP contribution is 2.29. The van der Waals surface area contributed by atoms with E-state index in [0.29, 0.717) is 22.9 Å². The molecular weight excluding hydrogens is 362 g/mol. The zero-order valence-electron chi connectivity index (χ0n) is 16.1. The number of amides is 1. The molecule has 0 aliphatic heterocycles. The van der Waals surface area contributed by atoms with Crippen molar-refractivity contribution in [2.24, 2.45) is 5.92 Å². The van der Waals surface area contributed by atoms with E-state index in [1.165, 1.54) is 19.1 Å². The lowest BCUT2D eigenvalue weighted by Gasteiger charge is -2.22. The quantitative estimate of drug-likeness (QED) is 0.583. The number of phenols is 1. The number of nitrogens with one attached hydrogen (secondary N) is 1. The van der Waals surface area contributed by atoms with Gasteiger partial charge in [0, 0.05) is 30.0 Å². The largest absolute Gasteiger partial charge is 0.508 e. The molecule has 1 heterocycles. The SMILES string of the molecule is CCc1cc2c(COC(=O)C(NC(C)=O)C3CCCC3)cc(=O)oc2cc1O. The Morgan fingerprint density at radius 2 is 1.96 bits per heavy atom.